The van der Waals surface area contributed by atoms with E-state index in [1.54, 1.807) is 7.11 Å². The van der Waals surface area contributed by atoms with Gasteiger partial charge >= 0.3 is 0 Å². The standard InChI is InChI=1S/C20H23NO2/c1-20(2,3)17-13-15(10-12-19(17)23-4)9-11-16-7-5-6-8-18(16)21-14-22/h5-14H,1-4H3,(H,21,22)/b11-9+. The smallest absolute Gasteiger partial charge is 0.211 e. The van der Waals surface area contributed by atoms with E-state index in [2.05, 4.69) is 32.2 Å². The minimum Gasteiger partial charge on any atom is -0.496 e. The molecule has 23 heavy (non-hydrogen) atoms. The normalized spacial score (nSPS) is 11.5. The molecule has 3 nitrogen and oxygen atoms in total. The Morgan fingerprint density at radius 2 is 1.78 bits per heavy atom. The maximum Gasteiger partial charge on any atom is 0.211 e. The molecule has 120 valence electrons. The quantitative estimate of drug-likeness (QED) is 0.640. The third kappa shape index (κ3) is 4.22. The van der Waals surface area contributed by atoms with Crippen LogP contribution in [0.15, 0.2) is 42.5 Å². The molecule has 3 heteroatoms. The van der Waals surface area contributed by atoms with Crippen molar-refractivity contribution in [2.24, 2.45) is 0 Å². The Labute approximate surface area is 138 Å². The number of carbonyl (C=O) groups excluding carboxylic acids is 1. The minimum absolute atomic E-state index is 0.00612. The maximum absolute atomic E-state index is 10.7. The van der Waals surface area contributed by atoms with Crippen molar-refractivity contribution in [2.75, 3.05) is 12.4 Å². The fourth-order valence-electron chi connectivity index (χ4n) is 2.44. The number of amides is 1. The molecule has 0 aliphatic rings. The summed E-state index contributed by atoms with van der Waals surface area (Å²) in [4.78, 5) is 10.7. The molecule has 2 rings (SSSR count). The maximum atomic E-state index is 10.7. The Hall–Kier alpha value is -2.55. The average Bonchev–Trinajstić information content (AvgIpc) is 2.53. The van der Waals surface area contributed by atoms with E-state index < -0.39 is 0 Å². The van der Waals surface area contributed by atoms with Gasteiger partial charge in [-0.05, 0) is 34.7 Å². The van der Waals surface area contributed by atoms with Crippen molar-refractivity contribution in [2.45, 2.75) is 26.2 Å². The van der Waals surface area contributed by atoms with Crippen molar-refractivity contribution in [3.63, 3.8) is 0 Å². The van der Waals surface area contributed by atoms with Gasteiger partial charge in [0.25, 0.3) is 0 Å². The van der Waals surface area contributed by atoms with Crippen molar-refractivity contribution in [1.29, 1.82) is 0 Å². The Kier molecular flexibility index (Phi) is 5.22. The van der Waals surface area contributed by atoms with E-state index in [-0.39, 0.29) is 5.41 Å². The van der Waals surface area contributed by atoms with Gasteiger partial charge in [0, 0.05) is 11.3 Å². The lowest BCUT2D eigenvalue weighted by Gasteiger charge is -2.22. The van der Waals surface area contributed by atoms with Gasteiger partial charge in [-0.2, -0.15) is 0 Å². The zero-order valence-electron chi connectivity index (χ0n) is 14.1. The van der Waals surface area contributed by atoms with Gasteiger partial charge in [-0.3, -0.25) is 4.79 Å². The summed E-state index contributed by atoms with van der Waals surface area (Å²) in [5.41, 5.74) is 4.03. The number of carbonyl (C=O) groups is 1. The van der Waals surface area contributed by atoms with Gasteiger partial charge < -0.3 is 10.1 Å². The highest BCUT2D eigenvalue weighted by Gasteiger charge is 2.18. The van der Waals surface area contributed by atoms with Crippen LogP contribution in [0.5, 0.6) is 5.75 Å². The molecule has 0 saturated heterocycles. The van der Waals surface area contributed by atoms with E-state index in [4.69, 9.17) is 4.74 Å². The van der Waals surface area contributed by atoms with E-state index in [1.165, 1.54) is 5.56 Å². The monoisotopic (exact) mass is 309 g/mol. The zero-order chi connectivity index (χ0) is 16.9. The summed E-state index contributed by atoms with van der Waals surface area (Å²) in [6.07, 6.45) is 4.73. The summed E-state index contributed by atoms with van der Waals surface area (Å²) in [6, 6.07) is 13.9. The molecule has 0 heterocycles. The lowest BCUT2D eigenvalue weighted by molar-refractivity contribution is -0.105. The molecular weight excluding hydrogens is 286 g/mol. The molecule has 0 unspecified atom stereocenters. The van der Waals surface area contributed by atoms with Crippen LogP contribution >= 0.6 is 0 Å². The summed E-state index contributed by atoms with van der Waals surface area (Å²) in [5.74, 6) is 0.901. The van der Waals surface area contributed by atoms with E-state index >= 15 is 0 Å². The summed E-state index contributed by atoms with van der Waals surface area (Å²) in [7, 11) is 1.70. The molecule has 0 saturated carbocycles. The Morgan fingerprint density at radius 1 is 1.04 bits per heavy atom. The fraction of sp³-hybridized carbons (Fsp3) is 0.250. The molecular formula is C20H23NO2. The summed E-state index contributed by atoms with van der Waals surface area (Å²) < 4.78 is 5.47. The number of methoxy groups -OCH3 is 1. The van der Waals surface area contributed by atoms with E-state index in [1.807, 2.05) is 48.6 Å². The first-order chi connectivity index (χ1) is 11.0. The van der Waals surface area contributed by atoms with E-state index in [9.17, 15) is 4.79 Å². The van der Waals surface area contributed by atoms with Crippen LogP contribution in [-0.4, -0.2) is 13.5 Å². The lowest BCUT2D eigenvalue weighted by Crippen LogP contribution is -2.12. The molecule has 1 N–H and O–H groups in total. The number of rotatable bonds is 5. The number of hydrogen-bond acceptors (Lipinski definition) is 2. The molecule has 0 radical (unpaired) electrons. The molecule has 0 aromatic heterocycles. The SMILES string of the molecule is COc1ccc(/C=C/c2ccccc2NC=O)cc1C(C)(C)C. The molecule has 0 atom stereocenters. The molecule has 0 fully saturated rings. The van der Waals surface area contributed by atoms with Crippen LogP contribution < -0.4 is 10.1 Å². The third-order valence-corrected chi connectivity index (χ3v) is 3.66. The van der Waals surface area contributed by atoms with Gasteiger partial charge in [-0.1, -0.05) is 57.2 Å². The van der Waals surface area contributed by atoms with Crippen LogP contribution in [0.25, 0.3) is 12.2 Å². The molecule has 1 amide bonds. The van der Waals surface area contributed by atoms with Gasteiger partial charge in [-0.25, -0.2) is 0 Å². The Bertz CT molecular complexity index is 712. The highest BCUT2D eigenvalue weighted by Crippen LogP contribution is 2.32. The van der Waals surface area contributed by atoms with Crippen molar-refractivity contribution in [1.82, 2.24) is 0 Å². The van der Waals surface area contributed by atoms with Crippen LogP contribution in [0.3, 0.4) is 0 Å². The predicted octanol–water partition coefficient (Wildman–Crippen LogP) is 4.73. The van der Waals surface area contributed by atoms with Crippen molar-refractivity contribution in [3.05, 3.63) is 59.2 Å². The summed E-state index contributed by atoms with van der Waals surface area (Å²) >= 11 is 0. The van der Waals surface area contributed by atoms with Gasteiger partial charge in [0.05, 0.1) is 7.11 Å². The molecule has 0 aliphatic carbocycles. The first-order valence-corrected chi connectivity index (χ1v) is 7.61. The fourth-order valence-corrected chi connectivity index (χ4v) is 2.44. The second kappa shape index (κ2) is 7.14. The number of nitrogens with one attached hydrogen (secondary N) is 1. The molecule has 2 aromatic rings. The molecule has 0 aliphatic heterocycles. The van der Waals surface area contributed by atoms with Crippen molar-refractivity contribution < 1.29 is 9.53 Å². The van der Waals surface area contributed by atoms with Gasteiger partial charge in [0.2, 0.25) is 6.41 Å². The van der Waals surface area contributed by atoms with E-state index in [0.29, 0.717) is 6.41 Å². The lowest BCUT2D eigenvalue weighted by atomic mass is 9.85. The average molecular weight is 309 g/mol. The second-order valence-electron chi connectivity index (χ2n) is 6.39. The highest BCUT2D eigenvalue weighted by molar-refractivity contribution is 5.82. The van der Waals surface area contributed by atoms with Crippen LogP contribution in [-0.2, 0) is 10.2 Å². The summed E-state index contributed by atoms with van der Waals surface area (Å²) in [5, 5.41) is 2.71. The summed E-state index contributed by atoms with van der Waals surface area (Å²) in [6.45, 7) is 6.50. The zero-order valence-corrected chi connectivity index (χ0v) is 14.1. The second-order valence-corrected chi connectivity index (χ2v) is 6.39. The van der Waals surface area contributed by atoms with Crippen molar-refractivity contribution in [3.8, 4) is 5.75 Å². The Balaban J connectivity index is 2.35. The number of benzene rings is 2. The van der Waals surface area contributed by atoms with Crippen LogP contribution in [0.2, 0.25) is 0 Å². The largest absolute Gasteiger partial charge is 0.496 e. The molecule has 0 bridgehead atoms. The van der Waals surface area contributed by atoms with Crippen LogP contribution in [0, 0.1) is 0 Å². The first kappa shape index (κ1) is 16.8. The van der Waals surface area contributed by atoms with Crippen molar-refractivity contribution >= 4 is 24.2 Å². The highest BCUT2D eigenvalue weighted by atomic mass is 16.5. The predicted molar refractivity (Wildman–Crippen MR) is 96.8 cm³/mol. The van der Waals surface area contributed by atoms with Crippen LogP contribution in [0.4, 0.5) is 5.69 Å². The molecule has 2 aromatic carbocycles. The minimum atomic E-state index is 0.00612. The number of anilines is 1. The number of ether oxygens (including phenoxy) is 1. The number of hydrogen-bond donors (Lipinski definition) is 1. The topological polar surface area (TPSA) is 38.3 Å². The van der Waals surface area contributed by atoms with Gasteiger partial charge in [-0.15, -0.1) is 0 Å². The first-order valence-electron chi connectivity index (χ1n) is 7.61. The Morgan fingerprint density at radius 3 is 2.43 bits per heavy atom. The third-order valence-electron chi connectivity index (χ3n) is 3.66. The number of para-hydroxylation sites is 1. The van der Waals surface area contributed by atoms with Gasteiger partial charge in [0.15, 0.2) is 0 Å². The van der Waals surface area contributed by atoms with Gasteiger partial charge in [0.1, 0.15) is 5.75 Å². The molecule has 0 spiro atoms. The van der Waals surface area contributed by atoms with Crippen LogP contribution in [0.1, 0.15) is 37.5 Å². The van der Waals surface area contributed by atoms with E-state index in [0.717, 1.165) is 22.6 Å².